The Labute approximate surface area is 121 Å². The van der Waals surface area contributed by atoms with Crippen LogP contribution in [0.1, 0.15) is 30.9 Å². The van der Waals surface area contributed by atoms with Crippen molar-refractivity contribution in [3.05, 3.63) is 29.3 Å². The van der Waals surface area contributed by atoms with Crippen LogP contribution in [0.5, 0.6) is 5.75 Å². The standard InChI is InChI=1S/C16H23N3O/c1-3-8-19(15-6-7-18-11-15)12-14-9-13(10-17)4-5-16(14)20-2/h4-5,9,15,18H,3,6-8,11-12H2,1-2H3. The molecule has 1 aromatic rings. The lowest BCUT2D eigenvalue weighted by atomic mass is 10.1. The van der Waals surface area contributed by atoms with Crippen molar-refractivity contribution < 1.29 is 4.74 Å². The van der Waals surface area contributed by atoms with Gasteiger partial charge in [0, 0.05) is 24.7 Å². The average Bonchev–Trinajstić information content (AvgIpc) is 3.00. The molecule has 0 aromatic heterocycles. The van der Waals surface area contributed by atoms with Gasteiger partial charge in [0.1, 0.15) is 5.75 Å². The number of nitrogens with zero attached hydrogens (tertiary/aromatic N) is 2. The van der Waals surface area contributed by atoms with E-state index in [2.05, 4.69) is 23.2 Å². The molecule has 4 heteroatoms. The first kappa shape index (κ1) is 14.8. The highest BCUT2D eigenvalue weighted by atomic mass is 16.5. The third kappa shape index (κ3) is 3.50. The summed E-state index contributed by atoms with van der Waals surface area (Å²) in [7, 11) is 1.69. The summed E-state index contributed by atoms with van der Waals surface area (Å²) in [5, 5.41) is 12.5. The first-order chi connectivity index (χ1) is 9.78. The molecule has 1 heterocycles. The van der Waals surface area contributed by atoms with Crippen LogP contribution < -0.4 is 10.1 Å². The Morgan fingerprint density at radius 1 is 1.50 bits per heavy atom. The van der Waals surface area contributed by atoms with Crippen molar-refractivity contribution in [1.29, 1.82) is 5.26 Å². The van der Waals surface area contributed by atoms with Crippen LogP contribution in [0.15, 0.2) is 18.2 Å². The second-order valence-corrected chi connectivity index (χ2v) is 5.26. The molecule has 0 bridgehead atoms. The van der Waals surface area contributed by atoms with Crippen LogP contribution in [0.25, 0.3) is 0 Å². The van der Waals surface area contributed by atoms with Gasteiger partial charge >= 0.3 is 0 Å². The number of benzene rings is 1. The second-order valence-electron chi connectivity index (χ2n) is 5.26. The predicted molar refractivity (Wildman–Crippen MR) is 79.7 cm³/mol. The van der Waals surface area contributed by atoms with Crippen LogP contribution >= 0.6 is 0 Å². The Morgan fingerprint density at radius 3 is 2.95 bits per heavy atom. The summed E-state index contributed by atoms with van der Waals surface area (Å²) in [6.07, 6.45) is 2.33. The molecule has 0 aliphatic carbocycles. The third-order valence-electron chi connectivity index (χ3n) is 3.84. The van der Waals surface area contributed by atoms with Crippen molar-refractivity contribution in [1.82, 2.24) is 10.2 Å². The van der Waals surface area contributed by atoms with Gasteiger partial charge in [0.2, 0.25) is 0 Å². The van der Waals surface area contributed by atoms with Crippen molar-refractivity contribution >= 4 is 0 Å². The lowest BCUT2D eigenvalue weighted by Gasteiger charge is -2.28. The van der Waals surface area contributed by atoms with E-state index in [9.17, 15) is 0 Å². The van der Waals surface area contributed by atoms with E-state index in [4.69, 9.17) is 10.00 Å². The minimum atomic E-state index is 0.588. The van der Waals surface area contributed by atoms with E-state index in [0.29, 0.717) is 11.6 Å². The molecule has 1 aliphatic rings. The smallest absolute Gasteiger partial charge is 0.123 e. The predicted octanol–water partition coefficient (Wildman–Crippen LogP) is 2.14. The molecule has 0 amide bonds. The van der Waals surface area contributed by atoms with Gasteiger partial charge in [-0.05, 0) is 44.1 Å². The Balaban J connectivity index is 2.18. The quantitative estimate of drug-likeness (QED) is 0.862. The SMILES string of the molecule is CCCN(Cc1cc(C#N)ccc1OC)C1CCNC1. The lowest BCUT2D eigenvalue weighted by molar-refractivity contribution is 0.197. The van der Waals surface area contributed by atoms with Crippen LogP contribution in [0, 0.1) is 11.3 Å². The van der Waals surface area contributed by atoms with E-state index >= 15 is 0 Å². The second kappa shape index (κ2) is 7.28. The van der Waals surface area contributed by atoms with Crippen molar-refractivity contribution in [3.63, 3.8) is 0 Å². The fraction of sp³-hybridized carbons (Fsp3) is 0.562. The van der Waals surface area contributed by atoms with E-state index in [1.807, 2.05) is 18.2 Å². The number of nitrogens with one attached hydrogen (secondary N) is 1. The summed E-state index contributed by atoms with van der Waals surface area (Å²) in [6, 6.07) is 8.45. The Morgan fingerprint density at radius 2 is 2.35 bits per heavy atom. The van der Waals surface area contributed by atoms with Crippen LogP contribution in [0.2, 0.25) is 0 Å². The molecule has 0 spiro atoms. The molecule has 0 radical (unpaired) electrons. The van der Waals surface area contributed by atoms with Crippen LogP contribution in [0.3, 0.4) is 0 Å². The fourth-order valence-corrected chi connectivity index (χ4v) is 2.82. The molecule has 1 fully saturated rings. The van der Waals surface area contributed by atoms with Gasteiger partial charge in [-0.2, -0.15) is 5.26 Å². The van der Waals surface area contributed by atoms with E-state index in [1.165, 1.54) is 6.42 Å². The zero-order valence-corrected chi connectivity index (χ0v) is 12.4. The Hall–Kier alpha value is -1.57. The van der Waals surface area contributed by atoms with E-state index < -0.39 is 0 Å². The molecule has 1 atom stereocenters. The zero-order chi connectivity index (χ0) is 14.4. The van der Waals surface area contributed by atoms with Crippen LogP contribution in [-0.2, 0) is 6.54 Å². The van der Waals surface area contributed by atoms with Crippen molar-refractivity contribution in [2.45, 2.75) is 32.4 Å². The molecule has 1 aliphatic heterocycles. The molecule has 1 aromatic carbocycles. The Bertz CT molecular complexity index is 475. The molecule has 4 nitrogen and oxygen atoms in total. The molecule has 1 saturated heterocycles. The number of nitriles is 1. The first-order valence-electron chi connectivity index (χ1n) is 7.30. The van der Waals surface area contributed by atoms with Gasteiger partial charge in [-0.25, -0.2) is 0 Å². The molecule has 20 heavy (non-hydrogen) atoms. The molecule has 0 saturated carbocycles. The molecule has 1 N–H and O–H groups in total. The van der Waals surface area contributed by atoms with Crippen molar-refractivity contribution in [3.8, 4) is 11.8 Å². The summed E-state index contributed by atoms with van der Waals surface area (Å²) in [5.41, 5.74) is 1.80. The topological polar surface area (TPSA) is 48.3 Å². The van der Waals surface area contributed by atoms with Gasteiger partial charge in [-0.1, -0.05) is 6.92 Å². The van der Waals surface area contributed by atoms with Crippen LogP contribution in [0.4, 0.5) is 0 Å². The summed E-state index contributed by atoms with van der Waals surface area (Å²) >= 11 is 0. The van der Waals surface area contributed by atoms with Gasteiger partial charge in [0.05, 0.1) is 18.7 Å². The van der Waals surface area contributed by atoms with E-state index in [1.54, 1.807) is 7.11 Å². The van der Waals surface area contributed by atoms with Gasteiger partial charge in [-0.15, -0.1) is 0 Å². The van der Waals surface area contributed by atoms with Gasteiger partial charge in [-0.3, -0.25) is 4.90 Å². The maximum atomic E-state index is 9.06. The van der Waals surface area contributed by atoms with Crippen molar-refractivity contribution in [2.24, 2.45) is 0 Å². The Kier molecular flexibility index (Phi) is 5.40. The van der Waals surface area contributed by atoms with Gasteiger partial charge in [0.25, 0.3) is 0 Å². The number of methoxy groups -OCH3 is 1. The lowest BCUT2D eigenvalue weighted by Crippen LogP contribution is -2.37. The molecular formula is C16H23N3O. The maximum absolute atomic E-state index is 9.06. The molecule has 1 unspecified atom stereocenters. The average molecular weight is 273 g/mol. The minimum Gasteiger partial charge on any atom is -0.496 e. The number of rotatable bonds is 6. The number of hydrogen-bond acceptors (Lipinski definition) is 4. The highest BCUT2D eigenvalue weighted by Crippen LogP contribution is 2.23. The maximum Gasteiger partial charge on any atom is 0.123 e. The van der Waals surface area contributed by atoms with Crippen molar-refractivity contribution in [2.75, 3.05) is 26.7 Å². The van der Waals surface area contributed by atoms with Gasteiger partial charge < -0.3 is 10.1 Å². The summed E-state index contributed by atoms with van der Waals surface area (Å²) in [4.78, 5) is 2.50. The minimum absolute atomic E-state index is 0.588. The zero-order valence-electron chi connectivity index (χ0n) is 12.4. The summed E-state index contributed by atoms with van der Waals surface area (Å²) in [6.45, 7) is 6.28. The molecular weight excluding hydrogens is 250 g/mol. The van der Waals surface area contributed by atoms with Crippen LogP contribution in [-0.4, -0.2) is 37.7 Å². The highest BCUT2D eigenvalue weighted by molar-refractivity contribution is 5.42. The van der Waals surface area contributed by atoms with E-state index in [-0.39, 0.29) is 0 Å². The summed E-state index contributed by atoms with van der Waals surface area (Å²) < 4.78 is 5.43. The molecule has 2 rings (SSSR count). The van der Waals surface area contributed by atoms with Gasteiger partial charge in [0.15, 0.2) is 0 Å². The normalized spacial score (nSPS) is 18.2. The molecule has 108 valence electrons. The highest BCUT2D eigenvalue weighted by Gasteiger charge is 2.22. The number of ether oxygens (including phenoxy) is 1. The summed E-state index contributed by atoms with van der Waals surface area (Å²) in [5.74, 6) is 0.871. The monoisotopic (exact) mass is 273 g/mol. The third-order valence-corrected chi connectivity index (χ3v) is 3.84. The fourth-order valence-electron chi connectivity index (χ4n) is 2.82. The number of hydrogen-bond donors (Lipinski definition) is 1. The largest absolute Gasteiger partial charge is 0.496 e. The van der Waals surface area contributed by atoms with E-state index in [0.717, 1.165) is 43.9 Å². The first-order valence-corrected chi connectivity index (χ1v) is 7.30.